The fraction of sp³-hybridized carbons (Fsp3) is 0.250. The minimum atomic E-state index is -3.96. The molecule has 8 nitrogen and oxygen atoms in total. The Kier molecular flexibility index (Phi) is 5.81. The summed E-state index contributed by atoms with van der Waals surface area (Å²) in [5, 5.41) is 6.56. The summed E-state index contributed by atoms with van der Waals surface area (Å²) >= 11 is 0. The molecule has 3 aromatic rings. The summed E-state index contributed by atoms with van der Waals surface area (Å²) < 4.78 is 33.2. The number of hydrogen-bond donors (Lipinski definition) is 2. The summed E-state index contributed by atoms with van der Waals surface area (Å²) in [6.45, 7) is 6.68. The third-order valence-corrected chi connectivity index (χ3v) is 6.07. The van der Waals surface area contributed by atoms with Gasteiger partial charge >= 0.3 is 0 Å². The van der Waals surface area contributed by atoms with Crippen LogP contribution in [-0.2, 0) is 14.8 Å². The molecule has 0 bridgehead atoms. The second kappa shape index (κ2) is 8.14. The molecule has 3 rings (SSSR count). The Morgan fingerprint density at radius 1 is 1.07 bits per heavy atom. The minimum absolute atomic E-state index is 0.0491. The van der Waals surface area contributed by atoms with E-state index in [0.29, 0.717) is 28.5 Å². The van der Waals surface area contributed by atoms with Crippen molar-refractivity contribution in [2.75, 3.05) is 5.32 Å². The maximum Gasteiger partial charge on any atom is 0.242 e. The van der Waals surface area contributed by atoms with Crippen LogP contribution in [0, 0.1) is 20.8 Å². The van der Waals surface area contributed by atoms with Gasteiger partial charge in [0.15, 0.2) is 0 Å². The van der Waals surface area contributed by atoms with Crippen molar-refractivity contribution in [3.63, 3.8) is 0 Å². The largest absolute Gasteiger partial charge is 0.339 e. The number of aromatic nitrogens is 2. The van der Waals surface area contributed by atoms with Gasteiger partial charge in [-0.2, -0.15) is 9.71 Å². The van der Waals surface area contributed by atoms with Gasteiger partial charge in [0.2, 0.25) is 27.6 Å². The maximum atomic E-state index is 12.9. The third kappa shape index (κ3) is 4.69. The van der Waals surface area contributed by atoms with Crippen LogP contribution < -0.4 is 10.0 Å². The van der Waals surface area contributed by atoms with Crippen LogP contribution in [0.4, 0.5) is 5.69 Å². The molecule has 1 heterocycles. The molecule has 1 aromatic heterocycles. The van der Waals surface area contributed by atoms with E-state index in [1.807, 2.05) is 19.1 Å². The second-order valence-electron chi connectivity index (χ2n) is 6.76. The molecule has 1 amide bonds. The monoisotopic (exact) mass is 414 g/mol. The standard InChI is InChI=1S/C20H22N4O4S/c1-12-7-5-6-8-17(12)22-20(25)14(3)24-29(26,27)18-11-16(10-9-13(18)2)19-21-15(4)28-23-19/h5-11,14,24H,1-4H3,(H,22,25). The lowest BCUT2D eigenvalue weighted by Crippen LogP contribution is -2.41. The quantitative estimate of drug-likeness (QED) is 0.641. The van der Waals surface area contributed by atoms with Crippen molar-refractivity contribution >= 4 is 21.6 Å². The highest BCUT2D eigenvalue weighted by Crippen LogP contribution is 2.23. The Balaban J connectivity index is 1.81. The predicted octanol–water partition coefficient (Wildman–Crippen LogP) is 2.97. The number of sulfonamides is 1. The highest BCUT2D eigenvalue weighted by molar-refractivity contribution is 7.89. The van der Waals surface area contributed by atoms with Gasteiger partial charge in [-0.25, -0.2) is 8.42 Å². The highest BCUT2D eigenvalue weighted by Gasteiger charge is 2.24. The summed E-state index contributed by atoms with van der Waals surface area (Å²) in [7, 11) is -3.96. The lowest BCUT2D eigenvalue weighted by Gasteiger charge is -2.16. The number of rotatable bonds is 6. The van der Waals surface area contributed by atoms with Gasteiger partial charge in [-0.3, -0.25) is 4.79 Å². The van der Waals surface area contributed by atoms with Crippen molar-refractivity contribution in [3.8, 4) is 11.4 Å². The van der Waals surface area contributed by atoms with Gasteiger partial charge in [0.25, 0.3) is 0 Å². The van der Waals surface area contributed by atoms with E-state index in [0.717, 1.165) is 5.56 Å². The van der Waals surface area contributed by atoms with Gasteiger partial charge in [0, 0.05) is 18.2 Å². The smallest absolute Gasteiger partial charge is 0.242 e. The number of anilines is 1. The molecule has 29 heavy (non-hydrogen) atoms. The SMILES string of the molecule is Cc1nc(-c2ccc(C)c(S(=O)(=O)NC(C)C(=O)Nc3ccccc3C)c2)no1. The van der Waals surface area contributed by atoms with Crippen LogP contribution in [-0.4, -0.2) is 30.5 Å². The van der Waals surface area contributed by atoms with Crippen molar-refractivity contribution in [1.29, 1.82) is 0 Å². The van der Waals surface area contributed by atoms with Gasteiger partial charge < -0.3 is 9.84 Å². The first-order valence-electron chi connectivity index (χ1n) is 8.97. The van der Waals surface area contributed by atoms with Gasteiger partial charge in [-0.1, -0.05) is 35.5 Å². The molecule has 0 fully saturated rings. The van der Waals surface area contributed by atoms with Gasteiger partial charge in [0.1, 0.15) is 0 Å². The fourth-order valence-corrected chi connectivity index (χ4v) is 4.22. The molecule has 1 unspecified atom stereocenters. The zero-order valence-electron chi connectivity index (χ0n) is 16.6. The Hall–Kier alpha value is -3.04. The first-order chi connectivity index (χ1) is 13.7. The average molecular weight is 414 g/mol. The van der Waals surface area contributed by atoms with Crippen molar-refractivity contribution in [1.82, 2.24) is 14.9 Å². The highest BCUT2D eigenvalue weighted by atomic mass is 32.2. The molecule has 0 aliphatic heterocycles. The summed E-state index contributed by atoms with van der Waals surface area (Å²) in [5.74, 6) is 0.222. The van der Waals surface area contributed by atoms with Gasteiger partial charge in [-0.15, -0.1) is 0 Å². The van der Waals surface area contributed by atoms with Crippen LogP contribution in [0.25, 0.3) is 11.4 Å². The summed E-state index contributed by atoms with van der Waals surface area (Å²) in [5.41, 5.74) is 2.56. The van der Waals surface area contributed by atoms with Crippen molar-refractivity contribution in [2.24, 2.45) is 0 Å². The lowest BCUT2D eigenvalue weighted by atomic mass is 10.1. The molecule has 0 radical (unpaired) electrons. The van der Waals surface area contributed by atoms with Crippen molar-refractivity contribution < 1.29 is 17.7 Å². The topological polar surface area (TPSA) is 114 Å². The normalized spacial score (nSPS) is 12.6. The van der Waals surface area contributed by atoms with E-state index in [2.05, 4.69) is 20.2 Å². The minimum Gasteiger partial charge on any atom is -0.339 e. The molecular weight excluding hydrogens is 392 g/mol. The van der Waals surface area contributed by atoms with E-state index in [1.54, 1.807) is 38.1 Å². The number of carbonyl (C=O) groups excluding carboxylic acids is 1. The van der Waals surface area contributed by atoms with Crippen LogP contribution in [0.3, 0.4) is 0 Å². The van der Waals surface area contributed by atoms with Crippen LogP contribution in [0.15, 0.2) is 51.9 Å². The molecule has 0 saturated heterocycles. The van der Waals surface area contributed by atoms with E-state index in [4.69, 9.17) is 4.52 Å². The number of nitrogens with one attached hydrogen (secondary N) is 2. The zero-order valence-corrected chi connectivity index (χ0v) is 17.4. The van der Waals surface area contributed by atoms with Crippen molar-refractivity contribution in [3.05, 3.63) is 59.5 Å². The zero-order chi connectivity index (χ0) is 21.2. The number of para-hydroxylation sites is 1. The van der Waals surface area contributed by atoms with Crippen LogP contribution in [0.5, 0.6) is 0 Å². The first kappa shape index (κ1) is 20.7. The molecule has 0 saturated carbocycles. The third-order valence-electron chi connectivity index (χ3n) is 4.39. The number of benzene rings is 2. The Morgan fingerprint density at radius 3 is 2.45 bits per heavy atom. The predicted molar refractivity (Wildman–Crippen MR) is 109 cm³/mol. The fourth-order valence-electron chi connectivity index (χ4n) is 2.75. The molecule has 0 aliphatic rings. The Morgan fingerprint density at radius 2 is 1.79 bits per heavy atom. The molecule has 1 atom stereocenters. The number of nitrogens with zero attached hydrogens (tertiary/aromatic N) is 2. The molecular formula is C20H22N4O4S. The van der Waals surface area contributed by atoms with Crippen LogP contribution >= 0.6 is 0 Å². The van der Waals surface area contributed by atoms with E-state index < -0.39 is 22.0 Å². The van der Waals surface area contributed by atoms with E-state index in [1.165, 1.54) is 13.0 Å². The second-order valence-corrected chi connectivity index (χ2v) is 8.45. The summed E-state index contributed by atoms with van der Waals surface area (Å²) in [6, 6.07) is 11.1. The van der Waals surface area contributed by atoms with Crippen LogP contribution in [0.2, 0.25) is 0 Å². The number of aryl methyl sites for hydroxylation is 3. The molecule has 9 heteroatoms. The van der Waals surface area contributed by atoms with Crippen LogP contribution in [0.1, 0.15) is 23.9 Å². The molecule has 0 spiro atoms. The van der Waals surface area contributed by atoms with Gasteiger partial charge in [-0.05, 0) is 44.0 Å². The lowest BCUT2D eigenvalue weighted by molar-refractivity contribution is -0.117. The molecule has 2 N–H and O–H groups in total. The average Bonchev–Trinajstić information content (AvgIpc) is 3.09. The molecule has 2 aromatic carbocycles. The van der Waals surface area contributed by atoms with Gasteiger partial charge in [0.05, 0.1) is 10.9 Å². The Labute approximate surface area is 169 Å². The summed E-state index contributed by atoms with van der Waals surface area (Å²) in [6.07, 6.45) is 0. The molecule has 0 aliphatic carbocycles. The van der Waals surface area contributed by atoms with Crippen molar-refractivity contribution in [2.45, 2.75) is 38.6 Å². The molecule has 152 valence electrons. The first-order valence-corrected chi connectivity index (χ1v) is 10.5. The maximum absolute atomic E-state index is 12.9. The van der Waals surface area contributed by atoms with E-state index in [9.17, 15) is 13.2 Å². The number of hydrogen-bond acceptors (Lipinski definition) is 6. The number of carbonyl (C=O) groups is 1. The Bertz CT molecular complexity index is 1150. The van der Waals surface area contributed by atoms with E-state index >= 15 is 0 Å². The van der Waals surface area contributed by atoms with E-state index in [-0.39, 0.29) is 4.90 Å². The number of amides is 1. The summed E-state index contributed by atoms with van der Waals surface area (Å²) in [4.78, 5) is 16.6.